The standard InChI is InChI=1S/C10H22N2O/c1-10(2,3)4-5-11-12-6-8-13-9-7-12/h11H,4-9H2,1-3H3. The molecule has 13 heavy (non-hydrogen) atoms. The van der Waals surface area contributed by atoms with Crippen LogP contribution in [0, 0.1) is 5.41 Å². The zero-order valence-electron chi connectivity index (χ0n) is 9.10. The molecule has 0 atom stereocenters. The summed E-state index contributed by atoms with van der Waals surface area (Å²) in [6.45, 7) is 11.7. The molecule has 0 unspecified atom stereocenters. The summed E-state index contributed by atoms with van der Waals surface area (Å²) >= 11 is 0. The van der Waals surface area contributed by atoms with Crippen LogP contribution in [0.2, 0.25) is 0 Å². The third kappa shape index (κ3) is 5.24. The number of morpholine rings is 1. The van der Waals surface area contributed by atoms with Gasteiger partial charge in [0.05, 0.1) is 13.2 Å². The molecular weight excluding hydrogens is 164 g/mol. The quantitative estimate of drug-likeness (QED) is 0.718. The summed E-state index contributed by atoms with van der Waals surface area (Å²) in [5.41, 5.74) is 3.86. The van der Waals surface area contributed by atoms with Crippen LogP contribution in [0.3, 0.4) is 0 Å². The average Bonchev–Trinajstić information content (AvgIpc) is 2.04. The largest absolute Gasteiger partial charge is 0.379 e. The van der Waals surface area contributed by atoms with Crippen molar-refractivity contribution in [2.75, 3.05) is 32.8 Å². The highest BCUT2D eigenvalue weighted by atomic mass is 16.5. The molecule has 1 saturated heterocycles. The van der Waals surface area contributed by atoms with Gasteiger partial charge in [0.1, 0.15) is 0 Å². The lowest BCUT2D eigenvalue weighted by atomic mass is 9.92. The summed E-state index contributed by atoms with van der Waals surface area (Å²) in [5, 5.41) is 2.26. The van der Waals surface area contributed by atoms with E-state index in [-0.39, 0.29) is 0 Å². The molecule has 0 aromatic heterocycles. The second kappa shape index (κ2) is 4.94. The van der Waals surface area contributed by atoms with Crippen molar-refractivity contribution in [2.24, 2.45) is 5.41 Å². The lowest BCUT2D eigenvalue weighted by molar-refractivity contribution is 0.0105. The Bertz CT molecular complexity index is 136. The van der Waals surface area contributed by atoms with Crippen LogP contribution in [-0.4, -0.2) is 37.9 Å². The Labute approximate surface area is 81.4 Å². The Kier molecular flexibility index (Phi) is 4.16. The molecule has 0 amide bonds. The SMILES string of the molecule is CC(C)(C)CCNN1CCOCC1. The van der Waals surface area contributed by atoms with E-state index in [0.29, 0.717) is 5.41 Å². The fourth-order valence-corrected chi connectivity index (χ4v) is 1.31. The predicted octanol–water partition coefficient (Wildman–Crippen LogP) is 1.26. The first-order chi connectivity index (χ1) is 6.08. The maximum atomic E-state index is 5.27. The second-order valence-electron chi connectivity index (χ2n) is 4.82. The fourth-order valence-electron chi connectivity index (χ4n) is 1.31. The average molecular weight is 186 g/mol. The van der Waals surface area contributed by atoms with Crippen LogP contribution >= 0.6 is 0 Å². The van der Waals surface area contributed by atoms with Gasteiger partial charge in [-0.25, -0.2) is 5.01 Å². The molecule has 0 bridgehead atoms. The highest BCUT2D eigenvalue weighted by molar-refractivity contribution is 4.64. The summed E-state index contributed by atoms with van der Waals surface area (Å²) in [4.78, 5) is 0. The van der Waals surface area contributed by atoms with Crippen molar-refractivity contribution in [2.45, 2.75) is 27.2 Å². The van der Waals surface area contributed by atoms with Crippen LogP contribution in [0.25, 0.3) is 0 Å². The van der Waals surface area contributed by atoms with Crippen molar-refractivity contribution in [1.82, 2.24) is 10.4 Å². The van der Waals surface area contributed by atoms with Crippen LogP contribution in [0.4, 0.5) is 0 Å². The van der Waals surface area contributed by atoms with Gasteiger partial charge in [0.25, 0.3) is 0 Å². The number of nitrogens with one attached hydrogen (secondary N) is 1. The lowest BCUT2D eigenvalue weighted by Gasteiger charge is -2.28. The first-order valence-electron chi connectivity index (χ1n) is 5.14. The van der Waals surface area contributed by atoms with Gasteiger partial charge in [0.15, 0.2) is 0 Å². The second-order valence-corrected chi connectivity index (χ2v) is 4.82. The number of hydrogen-bond acceptors (Lipinski definition) is 3. The van der Waals surface area contributed by atoms with Crippen molar-refractivity contribution in [3.05, 3.63) is 0 Å². The molecule has 1 N–H and O–H groups in total. The first kappa shape index (κ1) is 11.0. The van der Waals surface area contributed by atoms with E-state index >= 15 is 0 Å². The Morgan fingerprint density at radius 2 is 1.85 bits per heavy atom. The van der Waals surface area contributed by atoms with Crippen molar-refractivity contribution >= 4 is 0 Å². The van der Waals surface area contributed by atoms with Crippen molar-refractivity contribution in [3.63, 3.8) is 0 Å². The molecule has 0 aliphatic carbocycles. The highest BCUT2D eigenvalue weighted by Crippen LogP contribution is 2.16. The van der Waals surface area contributed by atoms with Crippen molar-refractivity contribution in [1.29, 1.82) is 0 Å². The van der Waals surface area contributed by atoms with E-state index in [1.165, 1.54) is 6.42 Å². The fraction of sp³-hybridized carbons (Fsp3) is 1.00. The van der Waals surface area contributed by atoms with Crippen molar-refractivity contribution < 1.29 is 4.74 Å². The first-order valence-corrected chi connectivity index (χ1v) is 5.14. The molecule has 1 rings (SSSR count). The van der Waals surface area contributed by atoms with E-state index in [4.69, 9.17) is 4.74 Å². The Morgan fingerprint density at radius 3 is 2.38 bits per heavy atom. The van der Waals surface area contributed by atoms with Crippen LogP contribution < -0.4 is 5.43 Å². The Hall–Kier alpha value is -0.120. The van der Waals surface area contributed by atoms with Gasteiger partial charge in [-0.3, -0.25) is 5.43 Å². The summed E-state index contributed by atoms with van der Waals surface area (Å²) < 4.78 is 5.27. The molecule has 0 spiro atoms. The summed E-state index contributed by atoms with van der Waals surface area (Å²) in [6, 6.07) is 0. The third-order valence-electron chi connectivity index (χ3n) is 2.22. The van der Waals surface area contributed by atoms with Gasteiger partial charge in [0, 0.05) is 19.6 Å². The minimum absolute atomic E-state index is 0.430. The normalized spacial score (nSPS) is 20.5. The van der Waals surface area contributed by atoms with Gasteiger partial charge in [-0.1, -0.05) is 20.8 Å². The van der Waals surface area contributed by atoms with Gasteiger partial charge in [0.2, 0.25) is 0 Å². The molecule has 1 aliphatic rings. The number of rotatable bonds is 3. The topological polar surface area (TPSA) is 24.5 Å². The monoisotopic (exact) mass is 186 g/mol. The number of ether oxygens (including phenoxy) is 1. The predicted molar refractivity (Wildman–Crippen MR) is 54.5 cm³/mol. The highest BCUT2D eigenvalue weighted by Gasteiger charge is 2.12. The van der Waals surface area contributed by atoms with Crippen LogP contribution in [0.1, 0.15) is 27.2 Å². The van der Waals surface area contributed by atoms with Gasteiger partial charge >= 0.3 is 0 Å². The van der Waals surface area contributed by atoms with Gasteiger partial charge in [-0.05, 0) is 11.8 Å². The van der Waals surface area contributed by atoms with Gasteiger partial charge in [-0.15, -0.1) is 0 Å². The number of hydrazine groups is 1. The van der Waals surface area contributed by atoms with E-state index in [1.54, 1.807) is 0 Å². The molecule has 1 aliphatic heterocycles. The molecular formula is C10H22N2O. The number of nitrogens with zero attached hydrogens (tertiary/aromatic N) is 1. The molecule has 3 heteroatoms. The zero-order chi connectivity index (χ0) is 9.73. The van der Waals surface area contributed by atoms with E-state index in [2.05, 4.69) is 31.2 Å². The lowest BCUT2D eigenvalue weighted by Crippen LogP contribution is -2.46. The molecule has 0 radical (unpaired) electrons. The van der Waals surface area contributed by atoms with E-state index in [1.807, 2.05) is 0 Å². The minimum atomic E-state index is 0.430. The maximum absolute atomic E-state index is 5.27. The minimum Gasteiger partial charge on any atom is -0.379 e. The summed E-state index contributed by atoms with van der Waals surface area (Å²) in [6.07, 6.45) is 1.21. The molecule has 0 aromatic carbocycles. The van der Waals surface area contributed by atoms with E-state index in [9.17, 15) is 0 Å². The maximum Gasteiger partial charge on any atom is 0.0608 e. The Morgan fingerprint density at radius 1 is 1.23 bits per heavy atom. The Balaban J connectivity index is 2.04. The van der Waals surface area contributed by atoms with E-state index in [0.717, 1.165) is 32.8 Å². The molecule has 1 fully saturated rings. The van der Waals surface area contributed by atoms with Crippen LogP contribution in [-0.2, 0) is 4.74 Å². The number of hydrogen-bond donors (Lipinski definition) is 1. The smallest absolute Gasteiger partial charge is 0.0608 e. The van der Waals surface area contributed by atoms with Gasteiger partial charge < -0.3 is 4.74 Å². The van der Waals surface area contributed by atoms with Gasteiger partial charge in [-0.2, -0.15) is 0 Å². The molecule has 3 nitrogen and oxygen atoms in total. The molecule has 1 heterocycles. The third-order valence-corrected chi connectivity index (χ3v) is 2.22. The zero-order valence-corrected chi connectivity index (χ0v) is 9.10. The van der Waals surface area contributed by atoms with Crippen molar-refractivity contribution in [3.8, 4) is 0 Å². The summed E-state index contributed by atoms with van der Waals surface area (Å²) in [5.74, 6) is 0. The summed E-state index contributed by atoms with van der Waals surface area (Å²) in [7, 11) is 0. The molecule has 78 valence electrons. The van der Waals surface area contributed by atoms with Crippen LogP contribution in [0.15, 0.2) is 0 Å². The molecule has 0 saturated carbocycles. The van der Waals surface area contributed by atoms with Crippen LogP contribution in [0.5, 0.6) is 0 Å². The molecule has 0 aromatic rings. The van der Waals surface area contributed by atoms with E-state index < -0.39 is 0 Å².